The fourth-order valence-electron chi connectivity index (χ4n) is 3.67. The molecule has 5 nitrogen and oxygen atoms in total. The third kappa shape index (κ3) is 6.50. The summed E-state index contributed by atoms with van der Waals surface area (Å²) in [6.07, 6.45) is 1.12. The molecule has 1 fully saturated rings. The Balaban J connectivity index is 1.56. The third-order valence-corrected chi connectivity index (χ3v) is 5.21. The number of nitrogens with one attached hydrogen (secondary N) is 2. The van der Waals surface area contributed by atoms with Gasteiger partial charge < -0.3 is 20.4 Å². The number of hydrogen-bond acceptors (Lipinski definition) is 3. The maximum absolute atomic E-state index is 4.81. The zero-order valence-electron chi connectivity index (χ0n) is 18.3. The molecule has 0 bridgehead atoms. The monoisotopic (exact) mass is 393 g/mol. The summed E-state index contributed by atoms with van der Waals surface area (Å²) in [5.41, 5.74) is 5.17. The van der Waals surface area contributed by atoms with Gasteiger partial charge in [-0.1, -0.05) is 42.0 Å². The van der Waals surface area contributed by atoms with E-state index in [4.69, 9.17) is 4.99 Å². The van der Waals surface area contributed by atoms with Crippen molar-refractivity contribution in [2.24, 2.45) is 4.99 Å². The van der Waals surface area contributed by atoms with E-state index >= 15 is 0 Å². The summed E-state index contributed by atoms with van der Waals surface area (Å²) in [6.45, 7) is 8.84. The molecule has 156 valence electrons. The van der Waals surface area contributed by atoms with Gasteiger partial charge in [-0.3, -0.25) is 0 Å². The molecule has 2 aromatic rings. The van der Waals surface area contributed by atoms with Crippen molar-refractivity contribution in [1.82, 2.24) is 15.5 Å². The van der Waals surface area contributed by atoms with Crippen LogP contribution in [0.5, 0.6) is 0 Å². The molecule has 2 N–H and O–H groups in total. The third-order valence-electron chi connectivity index (χ3n) is 5.21. The maximum Gasteiger partial charge on any atom is 0.191 e. The Morgan fingerprint density at radius 2 is 1.76 bits per heavy atom. The molecule has 0 aromatic heterocycles. The van der Waals surface area contributed by atoms with Gasteiger partial charge in [0.1, 0.15) is 0 Å². The summed E-state index contributed by atoms with van der Waals surface area (Å²) >= 11 is 0. The minimum atomic E-state index is 0.413. The Kier molecular flexibility index (Phi) is 7.53. The molecule has 1 aliphatic heterocycles. The second-order valence-electron chi connectivity index (χ2n) is 8.16. The lowest BCUT2D eigenvalue weighted by molar-refractivity contribution is 0.402. The fourth-order valence-corrected chi connectivity index (χ4v) is 3.67. The van der Waals surface area contributed by atoms with Crippen molar-refractivity contribution in [3.63, 3.8) is 0 Å². The summed E-state index contributed by atoms with van der Waals surface area (Å²) in [7, 11) is 4.19. The maximum atomic E-state index is 4.81. The Morgan fingerprint density at radius 1 is 1.07 bits per heavy atom. The van der Waals surface area contributed by atoms with Crippen molar-refractivity contribution >= 4 is 11.6 Å². The molecule has 0 spiro atoms. The minimum Gasteiger partial charge on any atom is -0.369 e. The molecule has 5 heteroatoms. The van der Waals surface area contributed by atoms with Gasteiger partial charge in [0.2, 0.25) is 0 Å². The Bertz CT molecular complexity index is 780. The molecule has 1 heterocycles. The number of hydrogen-bond donors (Lipinski definition) is 2. The Labute approximate surface area is 175 Å². The summed E-state index contributed by atoms with van der Waals surface area (Å²) < 4.78 is 0. The highest BCUT2D eigenvalue weighted by Gasteiger charge is 2.23. The van der Waals surface area contributed by atoms with Gasteiger partial charge >= 0.3 is 0 Å². The zero-order chi connectivity index (χ0) is 20.6. The molecule has 0 saturated carbocycles. The molecule has 1 unspecified atom stereocenters. The van der Waals surface area contributed by atoms with Crippen molar-refractivity contribution < 1.29 is 0 Å². The average molecular weight is 394 g/mol. The quantitative estimate of drug-likeness (QED) is 0.559. The van der Waals surface area contributed by atoms with Crippen LogP contribution >= 0.6 is 0 Å². The second kappa shape index (κ2) is 10.3. The van der Waals surface area contributed by atoms with E-state index < -0.39 is 0 Å². The number of aryl methyl sites for hydroxylation is 1. The van der Waals surface area contributed by atoms with Crippen molar-refractivity contribution in [3.8, 4) is 0 Å². The zero-order valence-corrected chi connectivity index (χ0v) is 18.3. The molecule has 1 saturated heterocycles. The number of nitrogens with zero attached hydrogens (tertiary/aromatic N) is 3. The molecule has 2 aromatic carbocycles. The van der Waals surface area contributed by atoms with E-state index in [9.17, 15) is 0 Å². The van der Waals surface area contributed by atoms with E-state index in [-0.39, 0.29) is 0 Å². The van der Waals surface area contributed by atoms with Gasteiger partial charge in [-0.05, 0) is 57.6 Å². The molecular formula is C24H35N5. The van der Waals surface area contributed by atoms with Gasteiger partial charge in [-0.25, -0.2) is 4.99 Å². The summed E-state index contributed by atoms with van der Waals surface area (Å²) in [6, 6.07) is 18.0. The van der Waals surface area contributed by atoms with E-state index in [0.29, 0.717) is 12.6 Å². The lowest BCUT2D eigenvalue weighted by Crippen LogP contribution is -2.44. The first-order chi connectivity index (χ1) is 14.0. The van der Waals surface area contributed by atoms with Crippen LogP contribution < -0.4 is 15.5 Å². The number of rotatable bonds is 7. The predicted octanol–water partition coefficient (Wildman–Crippen LogP) is 3.39. The molecular weight excluding hydrogens is 358 g/mol. The highest BCUT2D eigenvalue weighted by atomic mass is 15.2. The number of anilines is 1. The summed E-state index contributed by atoms with van der Waals surface area (Å²) in [5.74, 6) is 0.903. The lowest BCUT2D eigenvalue weighted by atomic mass is 10.1. The van der Waals surface area contributed by atoms with Crippen LogP contribution in [-0.4, -0.2) is 50.6 Å². The van der Waals surface area contributed by atoms with Crippen molar-refractivity contribution in [1.29, 1.82) is 0 Å². The standard InChI is InChI=1S/C24H35N5/c1-5-25-24(26-16-20-8-10-21(11-9-20)17-28(3)4)27-22-14-15-29(18-22)23-12-6-19(2)7-13-23/h6-13,22H,5,14-18H2,1-4H3,(H2,25,26,27). The Morgan fingerprint density at radius 3 is 2.41 bits per heavy atom. The van der Waals surface area contributed by atoms with Gasteiger partial charge in [0.25, 0.3) is 0 Å². The van der Waals surface area contributed by atoms with Gasteiger partial charge in [0.15, 0.2) is 5.96 Å². The first kappa shape index (κ1) is 21.2. The minimum absolute atomic E-state index is 0.413. The van der Waals surface area contributed by atoms with Crippen molar-refractivity contribution in [2.45, 2.75) is 39.4 Å². The van der Waals surface area contributed by atoms with E-state index in [1.807, 2.05) is 0 Å². The van der Waals surface area contributed by atoms with E-state index in [0.717, 1.165) is 38.6 Å². The highest BCUT2D eigenvalue weighted by molar-refractivity contribution is 5.80. The summed E-state index contributed by atoms with van der Waals surface area (Å²) in [5, 5.41) is 7.02. The summed E-state index contributed by atoms with van der Waals surface area (Å²) in [4.78, 5) is 9.44. The molecule has 0 amide bonds. The first-order valence-corrected chi connectivity index (χ1v) is 10.6. The van der Waals surface area contributed by atoms with Crippen LogP contribution in [0.25, 0.3) is 0 Å². The highest BCUT2D eigenvalue weighted by Crippen LogP contribution is 2.20. The van der Waals surface area contributed by atoms with Crippen LogP contribution in [0.4, 0.5) is 5.69 Å². The molecule has 3 rings (SSSR count). The van der Waals surface area contributed by atoms with Crippen LogP contribution in [0.1, 0.15) is 30.0 Å². The second-order valence-corrected chi connectivity index (χ2v) is 8.16. The fraction of sp³-hybridized carbons (Fsp3) is 0.458. The predicted molar refractivity (Wildman–Crippen MR) is 124 cm³/mol. The number of guanidine groups is 1. The van der Waals surface area contributed by atoms with E-state index in [1.165, 1.54) is 22.4 Å². The van der Waals surface area contributed by atoms with Crippen LogP contribution in [-0.2, 0) is 13.1 Å². The van der Waals surface area contributed by atoms with Gasteiger partial charge in [0, 0.05) is 37.9 Å². The lowest BCUT2D eigenvalue weighted by Gasteiger charge is -2.20. The van der Waals surface area contributed by atoms with Crippen molar-refractivity contribution in [2.75, 3.05) is 38.6 Å². The first-order valence-electron chi connectivity index (χ1n) is 10.6. The molecule has 0 aliphatic carbocycles. The van der Waals surface area contributed by atoms with Crippen molar-refractivity contribution in [3.05, 3.63) is 65.2 Å². The normalized spacial score (nSPS) is 17.1. The van der Waals surface area contributed by atoms with Crippen LogP contribution in [0, 0.1) is 6.92 Å². The molecule has 29 heavy (non-hydrogen) atoms. The SMILES string of the molecule is CCNC(=NCc1ccc(CN(C)C)cc1)NC1CCN(c2ccc(C)cc2)C1. The van der Waals surface area contributed by atoms with Crippen LogP contribution in [0.3, 0.4) is 0 Å². The van der Waals surface area contributed by atoms with E-state index in [2.05, 4.69) is 96.9 Å². The van der Waals surface area contributed by atoms with Crippen LogP contribution in [0.15, 0.2) is 53.5 Å². The smallest absolute Gasteiger partial charge is 0.191 e. The molecule has 1 atom stereocenters. The van der Waals surface area contributed by atoms with Gasteiger partial charge in [-0.2, -0.15) is 0 Å². The largest absolute Gasteiger partial charge is 0.369 e. The van der Waals surface area contributed by atoms with E-state index in [1.54, 1.807) is 0 Å². The number of benzene rings is 2. The Hall–Kier alpha value is -2.53. The van der Waals surface area contributed by atoms with Gasteiger partial charge in [-0.15, -0.1) is 0 Å². The van der Waals surface area contributed by atoms with Crippen LogP contribution in [0.2, 0.25) is 0 Å². The molecule has 1 aliphatic rings. The molecule has 0 radical (unpaired) electrons. The topological polar surface area (TPSA) is 42.9 Å². The number of aliphatic imine (C=N–C) groups is 1. The average Bonchev–Trinajstić information content (AvgIpc) is 3.16. The van der Waals surface area contributed by atoms with Gasteiger partial charge in [0.05, 0.1) is 6.54 Å².